The quantitative estimate of drug-likeness (QED) is 0.740. The summed E-state index contributed by atoms with van der Waals surface area (Å²) in [5, 5.41) is 7.42. The molecule has 0 atom stereocenters. The minimum absolute atomic E-state index is 0.490. The normalized spacial score (nSPS) is 10.4. The van der Waals surface area contributed by atoms with Crippen LogP contribution in [0.1, 0.15) is 5.56 Å². The number of hydrogen-bond acceptors (Lipinski definition) is 3. The molecule has 0 aliphatic carbocycles. The molecule has 0 unspecified atom stereocenters. The van der Waals surface area contributed by atoms with E-state index >= 15 is 0 Å². The van der Waals surface area contributed by atoms with Gasteiger partial charge in [-0.3, -0.25) is 0 Å². The van der Waals surface area contributed by atoms with Crippen LogP contribution < -0.4 is 5.32 Å². The number of para-hydroxylation sites is 1. The lowest BCUT2D eigenvalue weighted by atomic mass is 10.1. The highest BCUT2D eigenvalue weighted by Gasteiger charge is 2.04. The molecule has 4 nitrogen and oxygen atoms in total. The van der Waals surface area contributed by atoms with Gasteiger partial charge in [-0.25, -0.2) is 9.67 Å². The topological polar surface area (TPSA) is 42.7 Å². The summed E-state index contributed by atoms with van der Waals surface area (Å²) in [5.74, 6) is -0.490. The summed E-state index contributed by atoms with van der Waals surface area (Å²) >= 11 is 0. The standard InChI is InChI=1S/C15H13FN4/c16-15-10-13(6-8-17-15)18-11-12-4-1-2-5-14(12)20-9-3-7-19-20/h1-10H,11H2,(H,17,18). The number of rotatable bonds is 4. The molecule has 0 saturated heterocycles. The summed E-state index contributed by atoms with van der Waals surface area (Å²) in [5.41, 5.74) is 2.78. The second kappa shape index (κ2) is 5.52. The van der Waals surface area contributed by atoms with Crippen LogP contribution in [0.25, 0.3) is 5.69 Å². The zero-order valence-corrected chi connectivity index (χ0v) is 10.7. The molecule has 0 radical (unpaired) electrons. The van der Waals surface area contributed by atoms with Crippen LogP contribution in [0, 0.1) is 5.95 Å². The Hall–Kier alpha value is -2.69. The molecule has 100 valence electrons. The fourth-order valence-corrected chi connectivity index (χ4v) is 2.00. The maximum atomic E-state index is 13.0. The Morgan fingerprint density at radius 2 is 2.00 bits per heavy atom. The lowest BCUT2D eigenvalue weighted by molar-refractivity contribution is 0.584. The summed E-state index contributed by atoms with van der Waals surface area (Å²) < 4.78 is 14.8. The van der Waals surface area contributed by atoms with E-state index in [9.17, 15) is 4.39 Å². The van der Waals surface area contributed by atoms with E-state index in [1.807, 2.05) is 41.2 Å². The highest BCUT2D eigenvalue weighted by molar-refractivity contribution is 5.46. The molecule has 0 fully saturated rings. The Morgan fingerprint density at radius 3 is 2.80 bits per heavy atom. The van der Waals surface area contributed by atoms with E-state index in [0.717, 1.165) is 11.3 Å². The number of anilines is 1. The van der Waals surface area contributed by atoms with Crippen molar-refractivity contribution < 1.29 is 4.39 Å². The van der Waals surface area contributed by atoms with E-state index in [2.05, 4.69) is 15.4 Å². The lowest BCUT2D eigenvalue weighted by Gasteiger charge is -2.11. The molecule has 2 aromatic heterocycles. The molecule has 0 saturated carbocycles. The molecular formula is C15H13FN4. The van der Waals surface area contributed by atoms with Gasteiger partial charge in [0.25, 0.3) is 0 Å². The van der Waals surface area contributed by atoms with E-state index in [4.69, 9.17) is 0 Å². The monoisotopic (exact) mass is 268 g/mol. The third kappa shape index (κ3) is 2.66. The first kappa shape index (κ1) is 12.3. The Kier molecular flexibility index (Phi) is 3.41. The molecule has 1 aromatic carbocycles. The van der Waals surface area contributed by atoms with E-state index in [1.54, 1.807) is 12.3 Å². The molecule has 0 aliphatic rings. The summed E-state index contributed by atoms with van der Waals surface area (Å²) in [6, 6.07) is 12.9. The molecule has 0 aliphatic heterocycles. The highest BCUT2D eigenvalue weighted by atomic mass is 19.1. The fourth-order valence-electron chi connectivity index (χ4n) is 2.00. The van der Waals surface area contributed by atoms with Crippen LogP contribution in [-0.2, 0) is 6.54 Å². The third-order valence-corrected chi connectivity index (χ3v) is 2.95. The van der Waals surface area contributed by atoms with Crippen LogP contribution in [0.4, 0.5) is 10.1 Å². The van der Waals surface area contributed by atoms with Gasteiger partial charge in [-0.1, -0.05) is 18.2 Å². The van der Waals surface area contributed by atoms with Gasteiger partial charge >= 0.3 is 0 Å². The molecular weight excluding hydrogens is 255 g/mol. The number of aromatic nitrogens is 3. The molecule has 3 rings (SSSR count). The maximum absolute atomic E-state index is 13.0. The van der Waals surface area contributed by atoms with Gasteiger partial charge in [-0.2, -0.15) is 9.49 Å². The van der Waals surface area contributed by atoms with Crippen LogP contribution in [0.5, 0.6) is 0 Å². The Morgan fingerprint density at radius 1 is 1.10 bits per heavy atom. The van der Waals surface area contributed by atoms with Gasteiger partial charge in [0, 0.05) is 36.9 Å². The molecule has 2 heterocycles. The number of nitrogens with one attached hydrogen (secondary N) is 1. The van der Waals surface area contributed by atoms with Gasteiger partial charge in [0.2, 0.25) is 5.95 Å². The van der Waals surface area contributed by atoms with Gasteiger partial charge in [0.1, 0.15) is 0 Å². The van der Waals surface area contributed by atoms with Crippen LogP contribution in [0.3, 0.4) is 0 Å². The third-order valence-electron chi connectivity index (χ3n) is 2.95. The number of pyridine rings is 1. The zero-order valence-electron chi connectivity index (χ0n) is 10.7. The Bertz CT molecular complexity index is 695. The van der Waals surface area contributed by atoms with Crippen molar-refractivity contribution in [2.45, 2.75) is 6.54 Å². The van der Waals surface area contributed by atoms with Gasteiger partial charge < -0.3 is 5.32 Å². The van der Waals surface area contributed by atoms with Crippen molar-refractivity contribution in [3.8, 4) is 5.69 Å². The van der Waals surface area contributed by atoms with Gasteiger partial charge in [-0.05, 0) is 23.8 Å². The summed E-state index contributed by atoms with van der Waals surface area (Å²) in [7, 11) is 0. The summed E-state index contributed by atoms with van der Waals surface area (Å²) in [6.45, 7) is 0.583. The first-order valence-corrected chi connectivity index (χ1v) is 6.26. The lowest BCUT2D eigenvalue weighted by Crippen LogP contribution is -2.05. The number of benzene rings is 1. The average molecular weight is 268 g/mol. The molecule has 0 bridgehead atoms. The average Bonchev–Trinajstić information content (AvgIpc) is 3.00. The van der Waals surface area contributed by atoms with Crippen LogP contribution in [0.2, 0.25) is 0 Å². The van der Waals surface area contributed by atoms with Crippen molar-refractivity contribution in [2.75, 3.05) is 5.32 Å². The largest absolute Gasteiger partial charge is 0.381 e. The van der Waals surface area contributed by atoms with Crippen LogP contribution in [-0.4, -0.2) is 14.8 Å². The Balaban J connectivity index is 1.81. The number of halogens is 1. The van der Waals surface area contributed by atoms with Crippen LogP contribution >= 0.6 is 0 Å². The SMILES string of the molecule is Fc1cc(NCc2ccccc2-n2cccn2)ccn1. The van der Waals surface area contributed by atoms with E-state index in [0.29, 0.717) is 12.2 Å². The van der Waals surface area contributed by atoms with Crippen LogP contribution in [0.15, 0.2) is 61.1 Å². The van der Waals surface area contributed by atoms with E-state index in [-0.39, 0.29) is 0 Å². The van der Waals surface area contributed by atoms with Crippen molar-refractivity contribution in [3.05, 3.63) is 72.6 Å². The first-order chi connectivity index (χ1) is 9.83. The zero-order chi connectivity index (χ0) is 13.8. The van der Waals surface area contributed by atoms with E-state index in [1.165, 1.54) is 12.3 Å². The number of hydrogen-bond donors (Lipinski definition) is 1. The van der Waals surface area contributed by atoms with Crippen molar-refractivity contribution in [3.63, 3.8) is 0 Å². The molecule has 3 aromatic rings. The minimum Gasteiger partial charge on any atom is -0.381 e. The van der Waals surface area contributed by atoms with Crippen molar-refractivity contribution in [2.24, 2.45) is 0 Å². The molecule has 0 amide bonds. The van der Waals surface area contributed by atoms with E-state index < -0.39 is 5.95 Å². The van der Waals surface area contributed by atoms with Gasteiger partial charge in [0.05, 0.1) is 5.69 Å². The highest BCUT2D eigenvalue weighted by Crippen LogP contribution is 2.16. The Labute approximate surface area is 115 Å². The maximum Gasteiger partial charge on any atom is 0.214 e. The van der Waals surface area contributed by atoms with Crippen molar-refractivity contribution >= 4 is 5.69 Å². The second-order valence-corrected chi connectivity index (χ2v) is 4.30. The predicted octanol–water partition coefficient (Wildman–Crippen LogP) is 3.02. The number of nitrogens with zero attached hydrogens (tertiary/aromatic N) is 3. The van der Waals surface area contributed by atoms with Crippen molar-refractivity contribution in [1.82, 2.24) is 14.8 Å². The minimum atomic E-state index is -0.490. The summed E-state index contributed by atoms with van der Waals surface area (Å²) in [6.07, 6.45) is 5.07. The molecule has 5 heteroatoms. The first-order valence-electron chi connectivity index (χ1n) is 6.26. The second-order valence-electron chi connectivity index (χ2n) is 4.30. The van der Waals surface area contributed by atoms with Crippen molar-refractivity contribution in [1.29, 1.82) is 0 Å². The van der Waals surface area contributed by atoms with Gasteiger partial charge in [0.15, 0.2) is 0 Å². The smallest absolute Gasteiger partial charge is 0.214 e. The molecule has 0 spiro atoms. The molecule has 20 heavy (non-hydrogen) atoms. The van der Waals surface area contributed by atoms with Gasteiger partial charge in [-0.15, -0.1) is 0 Å². The molecule has 1 N–H and O–H groups in total. The predicted molar refractivity (Wildman–Crippen MR) is 75.1 cm³/mol. The fraction of sp³-hybridized carbons (Fsp3) is 0.0667. The summed E-state index contributed by atoms with van der Waals surface area (Å²) in [4.78, 5) is 3.53.